The first kappa shape index (κ1) is 12.0. The van der Waals surface area contributed by atoms with Gasteiger partial charge < -0.3 is 10.2 Å². The van der Waals surface area contributed by atoms with Gasteiger partial charge in [0.05, 0.1) is 0 Å². The number of hydrogen-bond acceptors (Lipinski definition) is 2. The monoisotopic (exact) mass is 236 g/mol. The third kappa shape index (κ3) is 2.85. The zero-order valence-electron chi connectivity index (χ0n) is 11.2. The van der Waals surface area contributed by atoms with E-state index >= 15 is 0 Å². The van der Waals surface area contributed by atoms with Gasteiger partial charge >= 0.3 is 0 Å². The molecule has 0 radical (unpaired) electrons. The second-order valence-electron chi connectivity index (χ2n) is 6.70. The van der Waals surface area contributed by atoms with E-state index in [-0.39, 0.29) is 0 Å². The molecule has 2 heterocycles. The lowest BCUT2D eigenvalue weighted by molar-refractivity contribution is 0.0907. The summed E-state index contributed by atoms with van der Waals surface area (Å²) in [6.07, 6.45) is 11.9. The molecule has 0 amide bonds. The van der Waals surface area contributed by atoms with Gasteiger partial charge in [-0.15, -0.1) is 0 Å². The average molecular weight is 236 g/mol. The second-order valence-corrected chi connectivity index (χ2v) is 6.70. The molecule has 3 aliphatic rings. The normalized spacial score (nSPS) is 31.1. The highest BCUT2D eigenvalue weighted by atomic mass is 15.1. The summed E-state index contributed by atoms with van der Waals surface area (Å²) in [5.74, 6) is 0.980. The van der Waals surface area contributed by atoms with Gasteiger partial charge in [-0.2, -0.15) is 0 Å². The Labute approximate surface area is 106 Å². The van der Waals surface area contributed by atoms with Gasteiger partial charge in [-0.1, -0.05) is 12.8 Å². The first-order valence-corrected chi connectivity index (χ1v) is 7.79. The van der Waals surface area contributed by atoms with Gasteiger partial charge in [0.25, 0.3) is 0 Å². The molecule has 0 aromatic heterocycles. The molecule has 0 aromatic rings. The average Bonchev–Trinajstić information content (AvgIpc) is 2.83. The fourth-order valence-corrected chi connectivity index (χ4v) is 4.26. The van der Waals surface area contributed by atoms with Gasteiger partial charge in [-0.3, -0.25) is 0 Å². The Kier molecular flexibility index (Phi) is 3.72. The lowest BCUT2D eigenvalue weighted by Gasteiger charge is -2.41. The van der Waals surface area contributed by atoms with Crippen molar-refractivity contribution in [3.8, 4) is 0 Å². The molecule has 2 saturated heterocycles. The third-order valence-electron chi connectivity index (χ3n) is 5.56. The van der Waals surface area contributed by atoms with Crippen molar-refractivity contribution in [1.29, 1.82) is 0 Å². The van der Waals surface area contributed by atoms with Crippen LogP contribution in [0.5, 0.6) is 0 Å². The molecule has 1 saturated carbocycles. The van der Waals surface area contributed by atoms with Gasteiger partial charge in [-0.05, 0) is 76.0 Å². The second kappa shape index (κ2) is 5.27. The van der Waals surface area contributed by atoms with Crippen molar-refractivity contribution in [1.82, 2.24) is 10.2 Å². The van der Waals surface area contributed by atoms with Crippen LogP contribution in [0.25, 0.3) is 0 Å². The van der Waals surface area contributed by atoms with Crippen LogP contribution in [0.4, 0.5) is 0 Å². The number of nitrogens with zero attached hydrogens (tertiary/aromatic N) is 1. The topological polar surface area (TPSA) is 15.3 Å². The van der Waals surface area contributed by atoms with E-state index in [9.17, 15) is 0 Å². The van der Waals surface area contributed by atoms with E-state index in [0.717, 1.165) is 11.3 Å². The predicted octanol–water partition coefficient (Wildman–Crippen LogP) is 2.64. The quantitative estimate of drug-likeness (QED) is 0.793. The Hall–Kier alpha value is -0.0800. The maximum absolute atomic E-state index is 3.47. The Bertz CT molecular complexity index is 229. The van der Waals surface area contributed by atoms with Crippen molar-refractivity contribution in [2.75, 3.05) is 32.7 Å². The summed E-state index contributed by atoms with van der Waals surface area (Å²) in [6, 6.07) is 0. The van der Waals surface area contributed by atoms with Crippen molar-refractivity contribution < 1.29 is 0 Å². The molecule has 17 heavy (non-hydrogen) atoms. The van der Waals surface area contributed by atoms with E-state index in [1.165, 1.54) is 84.1 Å². The largest absolute Gasteiger partial charge is 0.317 e. The summed E-state index contributed by atoms with van der Waals surface area (Å²) in [4.78, 5) is 2.76. The van der Waals surface area contributed by atoms with Crippen LogP contribution >= 0.6 is 0 Å². The van der Waals surface area contributed by atoms with Crippen LogP contribution in [0.15, 0.2) is 0 Å². The van der Waals surface area contributed by atoms with E-state index in [2.05, 4.69) is 10.2 Å². The molecule has 2 nitrogen and oxygen atoms in total. The molecular formula is C15H28N2. The molecule has 2 aliphatic heterocycles. The Morgan fingerprint density at radius 2 is 1.59 bits per heavy atom. The van der Waals surface area contributed by atoms with Crippen molar-refractivity contribution in [2.45, 2.75) is 51.4 Å². The molecule has 3 fully saturated rings. The summed E-state index contributed by atoms with van der Waals surface area (Å²) in [5, 5.41) is 3.47. The minimum Gasteiger partial charge on any atom is -0.317 e. The van der Waals surface area contributed by atoms with Gasteiger partial charge in [-0.25, -0.2) is 0 Å². The zero-order valence-corrected chi connectivity index (χ0v) is 11.2. The Balaban J connectivity index is 1.44. The van der Waals surface area contributed by atoms with E-state index in [1.54, 1.807) is 0 Å². The van der Waals surface area contributed by atoms with Crippen LogP contribution in [-0.4, -0.2) is 37.6 Å². The zero-order chi connectivity index (χ0) is 11.6. The summed E-state index contributed by atoms with van der Waals surface area (Å²) in [5.41, 5.74) is 0.796. The van der Waals surface area contributed by atoms with Gasteiger partial charge in [0.15, 0.2) is 0 Å². The minimum atomic E-state index is 0.796. The molecule has 0 aromatic carbocycles. The number of hydrogen-bond donors (Lipinski definition) is 1. The lowest BCUT2D eigenvalue weighted by atomic mass is 9.77. The highest BCUT2D eigenvalue weighted by molar-refractivity contribution is 4.90. The molecule has 1 spiro atoms. The summed E-state index contributed by atoms with van der Waals surface area (Å²) in [7, 11) is 0. The van der Waals surface area contributed by atoms with E-state index < -0.39 is 0 Å². The SMILES string of the molecule is C1CCC2(C1)CCN(CC1CCNCC1)CC2. The fraction of sp³-hybridized carbons (Fsp3) is 1.00. The van der Waals surface area contributed by atoms with Crippen LogP contribution in [0.1, 0.15) is 51.4 Å². The maximum Gasteiger partial charge on any atom is 0.00106 e. The predicted molar refractivity (Wildman–Crippen MR) is 72.2 cm³/mol. The molecule has 0 unspecified atom stereocenters. The minimum absolute atomic E-state index is 0.796. The highest BCUT2D eigenvalue weighted by Gasteiger charge is 2.37. The Morgan fingerprint density at radius 1 is 0.941 bits per heavy atom. The van der Waals surface area contributed by atoms with Crippen LogP contribution in [0.3, 0.4) is 0 Å². The van der Waals surface area contributed by atoms with Crippen molar-refractivity contribution in [3.05, 3.63) is 0 Å². The van der Waals surface area contributed by atoms with Gasteiger partial charge in [0.2, 0.25) is 0 Å². The Morgan fingerprint density at radius 3 is 2.24 bits per heavy atom. The highest BCUT2D eigenvalue weighted by Crippen LogP contribution is 2.46. The summed E-state index contributed by atoms with van der Waals surface area (Å²) < 4.78 is 0. The molecule has 1 aliphatic carbocycles. The van der Waals surface area contributed by atoms with Crippen LogP contribution in [0, 0.1) is 11.3 Å². The lowest BCUT2D eigenvalue weighted by Crippen LogP contribution is -2.42. The number of piperidine rings is 2. The van der Waals surface area contributed by atoms with E-state index in [4.69, 9.17) is 0 Å². The van der Waals surface area contributed by atoms with Gasteiger partial charge in [0.1, 0.15) is 0 Å². The number of nitrogens with one attached hydrogen (secondary N) is 1. The van der Waals surface area contributed by atoms with E-state index in [0.29, 0.717) is 0 Å². The standard InChI is InChI=1S/C15H28N2/c1-2-6-15(5-1)7-11-17(12-8-15)13-14-3-9-16-10-4-14/h14,16H,1-13H2. The molecular weight excluding hydrogens is 208 g/mol. The van der Waals surface area contributed by atoms with Crippen LogP contribution in [-0.2, 0) is 0 Å². The number of rotatable bonds is 2. The molecule has 1 N–H and O–H groups in total. The van der Waals surface area contributed by atoms with Gasteiger partial charge in [0, 0.05) is 6.54 Å². The maximum atomic E-state index is 3.47. The third-order valence-corrected chi connectivity index (χ3v) is 5.56. The molecule has 98 valence electrons. The molecule has 0 atom stereocenters. The first-order valence-electron chi connectivity index (χ1n) is 7.79. The summed E-state index contributed by atoms with van der Waals surface area (Å²) in [6.45, 7) is 6.68. The van der Waals surface area contributed by atoms with Crippen molar-refractivity contribution in [3.63, 3.8) is 0 Å². The fourth-order valence-electron chi connectivity index (χ4n) is 4.26. The molecule has 2 heteroatoms. The van der Waals surface area contributed by atoms with Crippen molar-refractivity contribution in [2.24, 2.45) is 11.3 Å². The first-order chi connectivity index (χ1) is 8.36. The summed E-state index contributed by atoms with van der Waals surface area (Å²) >= 11 is 0. The van der Waals surface area contributed by atoms with E-state index in [1.807, 2.05) is 0 Å². The molecule has 0 bridgehead atoms. The number of likely N-dealkylation sites (tertiary alicyclic amines) is 1. The van der Waals surface area contributed by atoms with Crippen LogP contribution < -0.4 is 5.32 Å². The molecule has 3 rings (SSSR count). The smallest absolute Gasteiger partial charge is 0.00106 e. The van der Waals surface area contributed by atoms with Crippen molar-refractivity contribution >= 4 is 0 Å². The van der Waals surface area contributed by atoms with Crippen LogP contribution in [0.2, 0.25) is 0 Å².